The van der Waals surface area contributed by atoms with Crippen LogP contribution in [0.15, 0.2) is 29.4 Å². The van der Waals surface area contributed by atoms with Crippen LogP contribution in [0.2, 0.25) is 0 Å². The highest BCUT2D eigenvalue weighted by molar-refractivity contribution is 7.99. The Bertz CT molecular complexity index is 597. The molecule has 0 aliphatic rings. The number of methoxy groups -OCH3 is 1. The third-order valence-electron chi connectivity index (χ3n) is 2.57. The number of aliphatic carboxylic acids is 1. The summed E-state index contributed by atoms with van der Waals surface area (Å²) in [5, 5.41) is 16.8. The molecule has 2 rings (SSSR count). The lowest BCUT2D eigenvalue weighted by Gasteiger charge is -2.08. The van der Waals surface area contributed by atoms with Crippen molar-refractivity contribution in [3.05, 3.63) is 29.8 Å². The number of nitrogen functional groups attached to an aromatic ring is 1. The van der Waals surface area contributed by atoms with Crippen LogP contribution >= 0.6 is 11.8 Å². The average molecular weight is 294 g/mol. The van der Waals surface area contributed by atoms with Crippen molar-refractivity contribution < 1.29 is 14.6 Å². The molecule has 8 heteroatoms. The summed E-state index contributed by atoms with van der Waals surface area (Å²) in [4.78, 5) is 10.6. The van der Waals surface area contributed by atoms with E-state index in [9.17, 15) is 4.79 Å². The fourth-order valence-corrected chi connectivity index (χ4v) is 2.26. The highest BCUT2D eigenvalue weighted by atomic mass is 32.2. The SMILES string of the molecule is COc1ccc(Cn2c(N)nnc2SCC(=O)O)cc1. The van der Waals surface area contributed by atoms with E-state index in [2.05, 4.69) is 10.2 Å². The lowest BCUT2D eigenvalue weighted by molar-refractivity contribution is -0.133. The Balaban J connectivity index is 2.14. The first kappa shape index (κ1) is 14.2. The molecule has 0 aliphatic carbocycles. The van der Waals surface area contributed by atoms with E-state index in [4.69, 9.17) is 15.6 Å². The van der Waals surface area contributed by atoms with Crippen molar-refractivity contribution in [2.24, 2.45) is 0 Å². The van der Waals surface area contributed by atoms with Crippen molar-refractivity contribution in [1.29, 1.82) is 0 Å². The normalized spacial score (nSPS) is 10.4. The molecule has 0 fully saturated rings. The summed E-state index contributed by atoms with van der Waals surface area (Å²) in [5.74, 6) is 0.0352. The molecule has 0 amide bonds. The molecule has 0 aliphatic heterocycles. The van der Waals surface area contributed by atoms with Crippen LogP contribution in [-0.2, 0) is 11.3 Å². The van der Waals surface area contributed by atoms with Crippen LogP contribution < -0.4 is 10.5 Å². The van der Waals surface area contributed by atoms with Gasteiger partial charge in [-0.05, 0) is 17.7 Å². The van der Waals surface area contributed by atoms with Crippen LogP contribution in [0.5, 0.6) is 5.75 Å². The van der Waals surface area contributed by atoms with E-state index in [-0.39, 0.29) is 11.7 Å². The molecule has 1 aromatic heterocycles. The van der Waals surface area contributed by atoms with Gasteiger partial charge in [-0.2, -0.15) is 0 Å². The summed E-state index contributed by atoms with van der Waals surface area (Å²) in [6.07, 6.45) is 0. The second-order valence-electron chi connectivity index (χ2n) is 3.96. The van der Waals surface area contributed by atoms with Crippen LogP contribution in [-0.4, -0.2) is 38.7 Å². The maximum Gasteiger partial charge on any atom is 0.313 e. The molecule has 3 N–H and O–H groups in total. The van der Waals surface area contributed by atoms with Gasteiger partial charge < -0.3 is 15.6 Å². The van der Waals surface area contributed by atoms with E-state index < -0.39 is 5.97 Å². The summed E-state index contributed by atoms with van der Waals surface area (Å²) in [6.45, 7) is 0.477. The van der Waals surface area contributed by atoms with Gasteiger partial charge in [-0.15, -0.1) is 10.2 Å². The smallest absolute Gasteiger partial charge is 0.313 e. The van der Waals surface area contributed by atoms with Crippen LogP contribution in [0.4, 0.5) is 5.95 Å². The molecule has 7 nitrogen and oxygen atoms in total. The van der Waals surface area contributed by atoms with Crippen molar-refractivity contribution in [3.8, 4) is 5.75 Å². The molecule has 0 bridgehead atoms. The zero-order valence-electron chi connectivity index (χ0n) is 10.8. The maximum absolute atomic E-state index is 10.6. The maximum atomic E-state index is 10.6. The number of hydrogen-bond acceptors (Lipinski definition) is 6. The van der Waals surface area contributed by atoms with E-state index >= 15 is 0 Å². The largest absolute Gasteiger partial charge is 0.497 e. The fourth-order valence-electron chi connectivity index (χ4n) is 1.60. The molecule has 0 unspecified atom stereocenters. The summed E-state index contributed by atoms with van der Waals surface area (Å²) < 4.78 is 6.77. The molecule has 0 spiro atoms. The van der Waals surface area contributed by atoms with Gasteiger partial charge in [-0.1, -0.05) is 23.9 Å². The predicted molar refractivity (Wildman–Crippen MR) is 74.9 cm³/mol. The molecule has 106 valence electrons. The third-order valence-corrected chi connectivity index (χ3v) is 3.52. The molecule has 0 atom stereocenters. The molecular formula is C12H14N4O3S. The van der Waals surface area contributed by atoms with E-state index in [0.29, 0.717) is 11.7 Å². The average Bonchev–Trinajstić information content (AvgIpc) is 2.78. The monoisotopic (exact) mass is 294 g/mol. The highest BCUT2D eigenvalue weighted by Gasteiger charge is 2.12. The van der Waals surface area contributed by atoms with Gasteiger partial charge in [0.1, 0.15) is 5.75 Å². The van der Waals surface area contributed by atoms with E-state index in [1.54, 1.807) is 11.7 Å². The summed E-state index contributed by atoms with van der Waals surface area (Å²) in [7, 11) is 1.60. The minimum atomic E-state index is -0.910. The predicted octanol–water partition coefficient (Wildman–Crippen LogP) is 1.09. The molecule has 0 radical (unpaired) electrons. The Morgan fingerprint density at radius 1 is 1.40 bits per heavy atom. The van der Waals surface area contributed by atoms with Crippen molar-refractivity contribution in [2.75, 3.05) is 18.6 Å². The van der Waals surface area contributed by atoms with Gasteiger partial charge in [0.05, 0.1) is 19.4 Å². The van der Waals surface area contributed by atoms with E-state index in [1.165, 1.54) is 0 Å². The number of anilines is 1. The van der Waals surface area contributed by atoms with E-state index in [0.717, 1.165) is 23.1 Å². The number of thioether (sulfide) groups is 1. The molecule has 0 saturated heterocycles. The second kappa shape index (κ2) is 6.29. The minimum absolute atomic E-state index is 0.0826. The molecule has 2 aromatic rings. The van der Waals surface area contributed by atoms with Gasteiger partial charge in [-0.25, -0.2) is 0 Å². The van der Waals surface area contributed by atoms with Crippen molar-refractivity contribution in [2.45, 2.75) is 11.7 Å². The molecular weight excluding hydrogens is 280 g/mol. The summed E-state index contributed by atoms with van der Waals surface area (Å²) in [5.41, 5.74) is 6.75. The third kappa shape index (κ3) is 3.41. The molecule has 0 saturated carbocycles. The van der Waals surface area contributed by atoms with Gasteiger partial charge in [0.25, 0.3) is 0 Å². The minimum Gasteiger partial charge on any atom is -0.497 e. The van der Waals surface area contributed by atoms with Crippen molar-refractivity contribution in [3.63, 3.8) is 0 Å². The molecule has 1 heterocycles. The zero-order chi connectivity index (χ0) is 14.5. The van der Waals surface area contributed by atoms with Gasteiger partial charge in [0.2, 0.25) is 5.95 Å². The Hall–Kier alpha value is -2.22. The lowest BCUT2D eigenvalue weighted by Crippen LogP contribution is -2.07. The number of ether oxygens (including phenoxy) is 1. The van der Waals surface area contributed by atoms with Gasteiger partial charge in [0.15, 0.2) is 5.16 Å². The van der Waals surface area contributed by atoms with Crippen LogP contribution in [0.25, 0.3) is 0 Å². The number of nitrogens with two attached hydrogens (primary N) is 1. The quantitative estimate of drug-likeness (QED) is 0.769. The van der Waals surface area contributed by atoms with Crippen LogP contribution in [0, 0.1) is 0 Å². The standard InChI is InChI=1S/C12H14N4O3S/c1-19-9-4-2-8(3-5-9)6-16-11(13)14-15-12(16)20-7-10(17)18/h2-5H,6-7H2,1H3,(H2,13,14)(H,17,18). The number of carbonyl (C=O) groups is 1. The summed E-state index contributed by atoms with van der Waals surface area (Å²) in [6, 6.07) is 7.51. The number of hydrogen-bond donors (Lipinski definition) is 2. The molecule has 1 aromatic carbocycles. The lowest BCUT2D eigenvalue weighted by atomic mass is 10.2. The number of nitrogens with zero attached hydrogens (tertiary/aromatic N) is 3. The van der Waals surface area contributed by atoms with Crippen molar-refractivity contribution >= 4 is 23.7 Å². The first-order chi connectivity index (χ1) is 9.60. The molecule has 20 heavy (non-hydrogen) atoms. The number of rotatable bonds is 6. The first-order valence-electron chi connectivity index (χ1n) is 5.76. The van der Waals surface area contributed by atoms with E-state index in [1.807, 2.05) is 24.3 Å². The Labute approximate surface area is 119 Å². The number of benzene rings is 1. The number of carboxylic acids is 1. The Morgan fingerprint density at radius 2 is 2.10 bits per heavy atom. The first-order valence-corrected chi connectivity index (χ1v) is 6.75. The van der Waals surface area contributed by atoms with Crippen LogP contribution in [0.1, 0.15) is 5.56 Å². The van der Waals surface area contributed by atoms with Crippen LogP contribution in [0.3, 0.4) is 0 Å². The Morgan fingerprint density at radius 3 is 2.70 bits per heavy atom. The number of aromatic nitrogens is 3. The van der Waals surface area contributed by atoms with Gasteiger partial charge in [-0.3, -0.25) is 9.36 Å². The van der Waals surface area contributed by atoms with Gasteiger partial charge in [0, 0.05) is 0 Å². The fraction of sp³-hybridized carbons (Fsp3) is 0.250. The second-order valence-corrected chi connectivity index (χ2v) is 4.90. The Kier molecular flexibility index (Phi) is 4.46. The van der Waals surface area contributed by atoms with Gasteiger partial charge >= 0.3 is 5.97 Å². The zero-order valence-corrected chi connectivity index (χ0v) is 11.6. The summed E-state index contributed by atoms with van der Waals surface area (Å²) >= 11 is 1.09. The highest BCUT2D eigenvalue weighted by Crippen LogP contribution is 2.20. The topological polar surface area (TPSA) is 103 Å². The number of carboxylic acid groups (broad SMARTS) is 1. The van der Waals surface area contributed by atoms with Crippen molar-refractivity contribution in [1.82, 2.24) is 14.8 Å².